The minimum absolute atomic E-state index is 0.0257. The van der Waals surface area contributed by atoms with E-state index in [1.165, 1.54) is 6.42 Å². The van der Waals surface area contributed by atoms with E-state index in [2.05, 4.69) is 5.32 Å². The lowest BCUT2D eigenvalue weighted by Gasteiger charge is -2.58. The van der Waals surface area contributed by atoms with Crippen LogP contribution in [0.2, 0.25) is 0 Å². The SMILES string of the molecule is O=C(O)CCC(Cc1ccccc1)NC(=O)N1CCC12CCC2. The predicted molar refractivity (Wildman–Crippen MR) is 87.2 cm³/mol. The number of benzene rings is 1. The second-order valence-electron chi connectivity index (χ2n) is 6.75. The van der Waals surface area contributed by atoms with Crippen molar-refractivity contribution in [3.63, 3.8) is 0 Å². The van der Waals surface area contributed by atoms with Crippen molar-refractivity contribution in [3.05, 3.63) is 35.9 Å². The number of carboxylic acids is 1. The summed E-state index contributed by atoms with van der Waals surface area (Å²) in [5.74, 6) is -0.822. The highest BCUT2D eigenvalue weighted by molar-refractivity contribution is 5.77. The summed E-state index contributed by atoms with van der Waals surface area (Å²) in [5.41, 5.74) is 1.24. The molecule has 0 radical (unpaired) electrons. The molecule has 1 unspecified atom stereocenters. The number of aliphatic carboxylic acids is 1. The number of hydrogen-bond donors (Lipinski definition) is 2. The maximum Gasteiger partial charge on any atom is 0.318 e. The maximum atomic E-state index is 12.5. The summed E-state index contributed by atoms with van der Waals surface area (Å²) in [4.78, 5) is 25.4. The van der Waals surface area contributed by atoms with E-state index >= 15 is 0 Å². The molecule has 3 rings (SSSR count). The van der Waals surface area contributed by atoms with Gasteiger partial charge in [0.2, 0.25) is 0 Å². The van der Waals surface area contributed by atoms with E-state index in [4.69, 9.17) is 5.11 Å². The second-order valence-corrected chi connectivity index (χ2v) is 6.75. The molecule has 1 heterocycles. The Bertz CT molecular complexity index is 563. The molecule has 1 saturated heterocycles. The van der Waals surface area contributed by atoms with Crippen LogP contribution >= 0.6 is 0 Å². The van der Waals surface area contributed by atoms with Crippen molar-refractivity contribution in [2.45, 2.75) is 56.5 Å². The molecular formula is C18H24N2O3. The number of hydrogen-bond acceptors (Lipinski definition) is 2. The standard InChI is InChI=1S/C18H24N2O3/c21-16(22)8-7-15(13-14-5-2-1-3-6-14)19-17(23)20-12-11-18(20)9-4-10-18/h1-3,5-6,15H,4,7-13H2,(H,19,23)(H,21,22). The zero-order valence-corrected chi connectivity index (χ0v) is 13.3. The topological polar surface area (TPSA) is 69.6 Å². The van der Waals surface area contributed by atoms with Gasteiger partial charge in [0.1, 0.15) is 0 Å². The van der Waals surface area contributed by atoms with Crippen LogP contribution in [0.1, 0.15) is 44.1 Å². The van der Waals surface area contributed by atoms with Gasteiger partial charge in [0, 0.05) is 24.5 Å². The fourth-order valence-corrected chi connectivity index (χ4v) is 3.64. The van der Waals surface area contributed by atoms with Crippen molar-refractivity contribution in [1.29, 1.82) is 0 Å². The van der Waals surface area contributed by atoms with Crippen molar-refractivity contribution in [2.24, 2.45) is 0 Å². The molecule has 2 aliphatic rings. The number of urea groups is 1. The van der Waals surface area contributed by atoms with Crippen LogP contribution in [-0.2, 0) is 11.2 Å². The fraction of sp³-hybridized carbons (Fsp3) is 0.556. The smallest absolute Gasteiger partial charge is 0.318 e. The molecule has 1 aromatic rings. The van der Waals surface area contributed by atoms with Crippen molar-refractivity contribution in [2.75, 3.05) is 6.54 Å². The van der Waals surface area contributed by atoms with E-state index in [9.17, 15) is 9.59 Å². The summed E-state index contributed by atoms with van der Waals surface area (Å²) in [6.07, 6.45) is 5.73. The normalized spacial score (nSPS) is 19.6. The van der Waals surface area contributed by atoms with Crippen LogP contribution in [0.25, 0.3) is 0 Å². The van der Waals surface area contributed by atoms with Gasteiger partial charge in [-0.15, -0.1) is 0 Å². The molecule has 1 aliphatic carbocycles. The number of likely N-dealkylation sites (tertiary alicyclic amines) is 1. The van der Waals surface area contributed by atoms with Crippen LogP contribution in [0, 0.1) is 0 Å². The zero-order valence-electron chi connectivity index (χ0n) is 13.3. The maximum absolute atomic E-state index is 12.5. The highest BCUT2D eigenvalue weighted by atomic mass is 16.4. The fourth-order valence-electron chi connectivity index (χ4n) is 3.64. The summed E-state index contributed by atoms with van der Waals surface area (Å²) in [5, 5.41) is 12.0. The summed E-state index contributed by atoms with van der Waals surface area (Å²) in [7, 11) is 0. The van der Waals surface area contributed by atoms with Gasteiger partial charge in [-0.25, -0.2) is 4.79 Å². The summed E-state index contributed by atoms with van der Waals surface area (Å²) in [6.45, 7) is 0.822. The van der Waals surface area contributed by atoms with Crippen LogP contribution in [0.15, 0.2) is 30.3 Å². The number of nitrogens with one attached hydrogen (secondary N) is 1. The molecule has 124 valence electrons. The first-order valence-corrected chi connectivity index (χ1v) is 8.43. The number of carbonyl (C=O) groups is 2. The average molecular weight is 316 g/mol. The number of nitrogens with zero attached hydrogens (tertiary/aromatic N) is 1. The van der Waals surface area contributed by atoms with Gasteiger partial charge in [-0.2, -0.15) is 0 Å². The first-order chi connectivity index (χ1) is 11.1. The highest BCUT2D eigenvalue weighted by Crippen LogP contribution is 2.46. The van der Waals surface area contributed by atoms with E-state index in [1.54, 1.807) is 0 Å². The molecule has 5 heteroatoms. The lowest BCUT2D eigenvalue weighted by molar-refractivity contribution is -0.137. The van der Waals surface area contributed by atoms with Gasteiger partial charge in [-0.3, -0.25) is 4.79 Å². The molecular weight excluding hydrogens is 292 g/mol. The molecule has 5 nitrogen and oxygen atoms in total. The molecule has 2 amide bonds. The van der Waals surface area contributed by atoms with E-state index in [-0.39, 0.29) is 24.0 Å². The average Bonchev–Trinajstić information content (AvgIpc) is 2.43. The summed E-state index contributed by atoms with van der Waals surface area (Å²) < 4.78 is 0. The van der Waals surface area contributed by atoms with E-state index in [1.807, 2.05) is 35.2 Å². The van der Waals surface area contributed by atoms with Crippen molar-refractivity contribution < 1.29 is 14.7 Å². The minimum atomic E-state index is -0.822. The molecule has 2 N–H and O–H groups in total. The number of rotatable bonds is 6. The van der Waals surface area contributed by atoms with Crippen LogP contribution in [0.4, 0.5) is 4.79 Å². The highest BCUT2D eigenvalue weighted by Gasteiger charge is 2.51. The monoisotopic (exact) mass is 316 g/mol. The largest absolute Gasteiger partial charge is 0.481 e. The molecule has 23 heavy (non-hydrogen) atoms. The Balaban J connectivity index is 1.60. The van der Waals surface area contributed by atoms with Gasteiger partial charge in [-0.05, 0) is 44.1 Å². The molecule has 1 saturated carbocycles. The van der Waals surface area contributed by atoms with Gasteiger partial charge in [-0.1, -0.05) is 30.3 Å². The molecule has 0 bridgehead atoms. The van der Waals surface area contributed by atoms with Crippen LogP contribution < -0.4 is 5.32 Å². The summed E-state index contributed by atoms with van der Waals surface area (Å²) in [6, 6.07) is 9.73. The van der Waals surface area contributed by atoms with Crippen molar-refractivity contribution in [1.82, 2.24) is 10.2 Å². The Kier molecular flexibility index (Phi) is 4.55. The predicted octanol–water partition coefficient (Wildman–Crippen LogP) is 2.80. The van der Waals surface area contributed by atoms with E-state index in [0.717, 1.165) is 31.4 Å². The van der Waals surface area contributed by atoms with Crippen LogP contribution in [0.5, 0.6) is 0 Å². The first kappa shape index (κ1) is 15.8. The Morgan fingerprint density at radius 3 is 2.48 bits per heavy atom. The zero-order chi connectivity index (χ0) is 16.3. The molecule has 1 aromatic carbocycles. The quantitative estimate of drug-likeness (QED) is 0.848. The summed E-state index contributed by atoms with van der Waals surface area (Å²) >= 11 is 0. The van der Waals surface area contributed by atoms with Gasteiger partial charge in [0.15, 0.2) is 0 Å². The van der Waals surface area contributed by atoms with Gasteiger partial charge in [0.05, 0.1) is 0 Å². The third-order valence-corrected chi connectivity index (χ3v) is 5.26. The first-order valence-electron chi connectivity index (χ1n) is 8.43. The third-order valence-electron chi connectivity index (χ3n) is 5.26. The number of amides is 2. The van der Waals surface area contributed by atoms with Crippen molar-refractivity contribution in [3.8, 4) is 0 Å². The lowest BCUT2D eigenvalue weighted by atomic mass is 9.68. The molecule has 0 aromatic heterocycles. The second kappa shape index (κ2) is 6.60. The lowest BCUT2D eigenvalue weighted by Crippen LogP contribution is -2.68. The Morgan fingerprint density at radius 1 is 1.22 bits per heavy atom. The van der Waals surface area contributed by atoms with Crippen molar-refractivity contribution >= 4 is 12.0 Å². The van der Waals surface area contributed by atoms with E-state index < -0.39 is 5.97 Å². The van der Waals surface area contributed by atoms with Gasteiger partial charge < -0.3 is 15.3 Å². The Labute approximate surface area is 136 Å². The van der Waals surface area contributed by atoms with Crippen LogP contribution in [-0.4, -0.2) is 40.1 Å². The number of carbonyl (C=O) groups excluding carboxylic acids is 1. The Hall–Kier alpha value is -2.04. The minimum Gasteiger partial charge on any atom is -0.481 e. The third kappa shape index (κ3) is 3.49. The number of carboxylic acid groups (broad SMARTS) is 1. The molecule has 1 spiro atoms. The molecule has 1 aliphatic heterocycles. The Morgan fingerprint density at radius 2 is 1.96 bits per heavy atom. The molecule has 2 fully saturated rings. The van der Waals surface area contributed by atoms with Gasteiger partial charge in [0.25, 0.3) is 0 Å². The van der Waals surface area contributed by atoms with E-state index in [0.29, 0.717) is 12.8 Å². The van der Waals surface area contributed by atoms with Crippen LogP contribution in [0.3, 0.4) is 0 Å². The molecule has 1 atom stereocenters. The van der Waals surface area contributed by atoms with Gasteiger partial charge >= 0.3 is 12.0 Å².